The zero-order chi connectivity index (χ0) is 10.2. The zero-order valence-electron chi connectivity index (χ0n) is 6.98. The maximum Gasteiger partial charge on any atom is 0.298 e. The molecule has 0 unspecified atom stereocenters. The topological polar surface area (TPSA) is 106 Å². The van der Waals surface area contributed by atoms with Crippen LogP contribution in [0, 0.1) is 6.92 Å². The zero-order valence-corrected chi connectivity index (χ0v) is 7.80. The summed E-state index contributed by atoms with van der Waals surface area (Å²) in [5.41, 5.74) is 11.4. The molecule has 5 nitrogen and oxygen atoms in total. The first-order valence-electron chi connectivity index (χ1n) is 3.45. The Morgan fingerprint density at radius 3 is 1.92 bits per heavy atom. The van der Waals surface area contributed by atoms with E-state index >= 15 is 0 Å². The smallest absolute Gasteiger partial charge is 0.298 e. The number of benzene rings is 1. The van der Waals surface area contributed by atoms with Crippen LogP contribution in [0.4, 0.5) is 11.4 Å². The number of nitrogens with two attached hydrogens (primary N) is 2. The fraction of sp³-hybridized carbons (Fsp3) is 0.143. The lowest BCUT2D eigenvalue weighted by Gasteiger charge is -2.06. The molecule has 0 bridgehead atoms. The van der Waals surface area contributed by atoms with Gasteiger partial charge >= 0.3 is 0 Å². The highest BCUT2D eigenvalue weighted by Crippen LogP contribution is 2.26. The van der Waals surface area contributed by atoms with Crippen LogP contribution in [-0.2, 0) is 10.1 Å². The summed E-state index contributed by atoms with van der Waals surface area (Å²) in [4.78, 5) is -0.418. The highest BCUT2D eigenvalue weighted by atomic mass is 32.2. The average molecular weight is 202 g/mol. The van der Waals surface area contributed by atoms with E-state index in [0.717, 1.165) is 5.56 Å². The van der Waals surface area contributed by atoms with Gasteiger partial charge in [-0.3, -0.25) is 4.55 Å². The Labute approximate surface area is 76.1 Å². The Bertz CT molecular complexity index is 416. The van der Waals surface area contributed by atoms with E-state index in [9.17, 15) is 8.42 Å². The summed E-state index contributed by atoms with van der Waals surface area (Å²) in [5, 5.41) is 0. The van der Waals surface area contributed by atoms with Crippen molar-refractivity contribution in [2.75, 3.05) is 11.5 Å². The number of hydrogen-bond donors (Lipinski definition) is 3. The second-order valence-corrected chi connectivity index (χ2v) is 4.11. The molecule has 0 atom stereocenters. The molecule has 0 heterocycles. The fourth-order valence-corrected chi connectivity index (χ4v) is 1.84. The molecule has 13 heavy (non-hydrogen) atoms. The van der Waals surface area contributed by atoms with E-state index < -0.39 is 15.0 Å². The van der Waals surface area contributed by atoms with Crippen LogP contribution in [0.3, 0.4) is 0 Å². The van der Waals surface area contributed by atoms with E-state index in [1.807, 2.05) is 0 Å². The van der Waals surface area contributed by atoms with Crippen molar-refractivity contribution in [2.45, 2.75) is 11.8 Å². The molecule has 0 aliphatic heterocycles. The van der Waals surface area contributed by atoms with Gasteiger partial charge < -0.3 is 11.5 Å². The maximum absolute atomic E-state index is 10.8. The SMILES string of the molecule is Cc1cc(N)c(S(=O)(=O)O)c(N)c1. The van der Waals surface area contributed by atoms with Crippen LogP contribution in [0.15, 0.2) is 17.0 Å². The molecule has 1 rings (SSSR count). The molecule has 0 aliphatic rings. The second kappa shape index (κ2) is 2.90. The molecule has 72 valence electrons. The first kappa shape index (κ1) is 9.82. The Balaban J connectivity index is 3.57. The Hall–Kier alpha value is -1.27. The molecule has 0 spiro atoms. The van der Waals surface area contributed by atoms with Gasteiger partial charge in [0.2, 0.25) is 0 Å². The van der Waals surface area contributed by atoms with Crippen LogP contribution in [0.5, 0.6) is 0 Å². The number of hydrogen-bond acceptors (Lipinski definition) is 4. The summed E-state index contributed by atoms with van der Waals surface area (Å²) < 4.78 is 30.3. The van der Waals surface area contributed by atoms with E-state index in [1.165, 1.54) is 12.1 Å². The van der Waals surface area contributed by atoms with Gasteiger partial charge in [0.15, 0.2) is 0 Å². The lowest BCUT2D eigenvalue weighted by molar-refractivity contribution is 0.484. The van der Waals surface area contributed by atoms with Crippen molar-refractivity contribution < 1.29 is 13.0 Å². The molecular formula is C7H10N2O3S. The van der Waals surface area contributed by atoms with Crippen molar-refractivity contribution in [3.05, 3.63) is 17.7 Å². The summed E-state index contributed by atoms with van der Waals surface area (Å²) in [6.07, 6.45) is 0. The molecule has 6 heteroatoms. The van der Waals surface area contributed by atoms with Gasteiger partial charge in [0.25, 0.3) is 10.1 Å². The summed E-state index contributed by atoms with van der Waals surface area (Å²) in [5.74, 6) is 0. The first-order chi connectivity index (χ1) is 5.82. The number of nitrogen functional groups attached to an aromatic ring is 2. The predicted octanol–water partition coefficient (Wildman–Crippen LogP) is 0.406. The quantitative estimate of drug-likeness (QED) is 0.451. The third-order valence-corrected chi connectivity index (χ3v) is 2.54. The summed E-state index contributed by atoms with van der Waals surface area (Å²) in [6, 6.07) is 2.86. The molecule has 0 saturated heterocycles. The van der Waals surface area contributed by atoms with Gasteiger partial charge in [-0.1, -0.05) is 0 Å². The lowest BCUT2D eigenvalue weighted by atomic mass is 10.2. The molecule has 0 aliphatic carbocycles. The highest BCUT2D eigenvalue weighted by Gasteiger charge is 2.17. The Morgan fingerprint density at radius 1 is 1.23 bits per heavy atom. The van der Waals surface area contributed by atoms with Crippen molar-refractivity contribution >= 4 is 21.5 Å². The van der Waals surface area contributed by atoms with E-state index in [0.29, 0.717) is 0 Å². The third kappa shape index (κ3) is 1.90. The van der Waals surface area contributed by atoms with Crippen molar-refractivity contribution in [1.82, 2.24) is 0 Å². The monoisotopic (exact) mass is 202 g/mol. The number of anilines is 2. The molecular weight excluding hydrogens is 192 g/mol. The molecule has 0 aromatic heterocycles. The number of rotatable bonds is 1. The highest BCUT2D eigenvalue weighted by molar-refractivity contribution is 7.86. The number of aryl methyl sites for hydroxylation is 1. The van der Waals surface area contributed by atoms with Crippen molar-refractivity contribution in [2.24, 2.45) is 0 Å². The third-order valence-electron chi connectivity index (χ3n) is 1.55. The summed E-state index contributed by atoms with van der Waals surface area (Å²) in [7, 11) is -4.33. The van der Waals surface area contributed by atoms with E-state index in [2.05, 4.69) is 0 Å². The molecule has 1 aromatic rings. The van der Waals surface area contributed by atoms with Gasteiger partial charge in [0.1, 0.15) is 4.90 Å². The first-order valence-corrected chi connectivity index (χ1v) is 4.89. The average Bonchev–Trinajstić information content (AvgIpc) is 1.78. The van der Waals surface area contributed by atoms with Crippen molar-refractivity contribution in [3.63, 3.8) is 0 Å². The van der Waals surface area contributed by atoms with Crippen molar-refractivity contribution in [3.8, 4) is 0 Å². The van der Waals surface area contributed by atoms with Crippen LogP contribution in [0.25, 0.3) is 0 Å². The van der Waals surface area contributed by atoms with E-state index in [1.54, 1.807) is 6.92 Å². The maximum atomic E-state index is 10.8. The molecule has 0 radical (unpaired) electrons. The molecule has 0 amide bonds. The molecule has 5 N–H and O–H groups in total. The molecule has 0 fully saturated rings. The van der Waals surface area contributed by atoms with Gasteiger partial charge in [0, 0.05) is 0 Å². The van der Waals surface area contributed by atoms with E-state index in [-0.39, 0.29) is 11.4 Å². The van der Waals surface area contributed by atoms with Gasteiger partial charge in [-0.2, -0.15) is 8.42 Å². The van der Waals surface area contributed by atoms with Crippen LogP contribution in [0.1, 0.15) is 5.56 Å². The van der Waals surface area contributed by atoms with Crippen LogP contribution < -0.4 is 11.5 Å². The standard InChI is InChI=1S/C7H10N2O3S/c1-4-2-5(8)7(6(9)3-4)13(10,11)12/h2-3H,8-9H2,1H3,(H,10,11,12). The minimum absolute atomic E-state index is 0.0417. The van der Waals surface area contributed by atoms with Crippen LogP contribution >= 0.6 is 0 Å². The Morgan fingerprint density at radius 2 is 1.62 bits per heavy atom. The second-order valence-electron chi connectivity index (χ2n) is 2.75. The van der Waals surface area contributed by atoms with Crippen molar-refractivity contribution in [1.29, 1.82) is 0 Å². The predicted molar refractivity (Wildman–Crippen MR) is 49.8 cm³/mol. The normalized spacial score (nSPS) is 11.5. The summed E-state index contributed by atoms with van der Waals surface area (Å²) in [6.45, 7) is 1.72. The van der Waals surface area contributed by atoms with Gasteiger partial charge in [-0.05, 0) is 24.6 Å². The van der Waals surface area contributed by atoms with Gasteiger partial charge in [-0.15, -0.1) is 0 Å². The summed E-state index contributed by atoms with van der Waals surface area (Å²) >= 11 is 0. The minimum atomic E-state index is -4.33. The fourth-order valence-electron chi connectivity index (χ4n) is 1.13. The van der Waals surface area contributed by atoms with E-state index in [4.69, 9.17) is 16.0 Å². The van der Waals surface area contributed by atoms with Gasteiger partial charge in [-0.25, -0.2) is 0 Å². The Kier molecular flexibility index (Phi) is 2.19. The molecule has 0 saturated carbocycles. The van der Waals surface area contributed by atoms with Crippen LogP contribution in [0.2, 0.25) is 0 Å². The molecule has 1 aromatic carbocycles. The van der Waals surface area contributed by atoms with Crippen LogP contribution in [-0.4, -0.2) is 13.0 Å². The lowest BCUT2D eigenvalue weighted by Crippen LogP contribution is -2.07. The largest absolute Gasteiger partial charge is 0.398 e. The minimum Gasteiger partial charge on any atom is -0.398 e. The van der Waals surface area contributed by atoms with Gasteiger partial charge in [0.05, 0.1) is 11.4 Å².